The Morgan fingerprint density at radius 1 is 1.18 bits per heavy atom. The maximum absolute atomic E-state index is 6.11. The van der Waals surface area contributed by atoms with E-state index in [1.165, 1.54) is 12.8 Å². The van der Waals surface area contributed by atoms with Crippen LogP contribution in [0.1, 0.15) is 19.3 Å². The Kier molecular flexibility index (Phi) is 5.19. The van der Waals surface area contributed by atoms with Crippen molar-refractivity contribution < 1.29 is 0 Å². The minimum atomic E-state index is 0.450. The first-order valence-electron chi connectivity index (χ1n) is 7.71. The average molecular weight is 318 g/mol. The van der Waals surface area contributed by atoms with E-state index in [0.29, 0.717) is 11.0 Å². The molecule has 0 amide bonds. The van der Waals surface area contributed by atoms with Crippen LogP contribution >= 0.6 is 11.6 Å². The van der Waals surface area contributed by atoms with Crippen molar-refractivity contribution in [3.63, 3.8) is 0 Å². The van der Waals surface area contributed by atoms with Crippen molar-refractivity contribution >= 4 is 17.4 Å². The van der Waals surface area contributed by atoms with Crippen molar-refractivity contribution in [2.75, 3.05) is 25.0 Å². The molecule has 2 aromatic rings. The highest BCUT2D eigenvalue weighted by molar-refractivity contribution is 6.29. The Bertz CT molecular complexity index is 599. The van der Waals surface area contributed by atoms with Gasteiger partial charge < -0.3 is 10.6 Å². The van der Waals surface area contributed by atoms with Crippen LogP contribution in [-0.4, -0.2) is 34.6 Å². The van der Waals surface area contributed by atoms with Crippen LogP contribution in [0.4, 0.5) is 5.82 Å². The molecule has 3 heterocycles. The van der Waals surface area contributed by atoms with Crippen molar-refractivity contribution in [2.24, 2.45) is 5.92 Å². The monoisotopic (exact) mass is 317 g/mol. The molecular formula is C16H20ClN5. The Morgan fingerprint density at radius 2 is 1.95 bits per heavy atom. The molecule has 1 aliphatic rings. The molecule has 2 aromatic heterocycles. The minimum Gasteiger partial charge on any atom is -0.370 e. The first-order chi connectivity index (χ1) is 10.8. The lowest BCUT2D eigenvalue weighted by Crippen LogP contribution is -2.28. The van der Waals surface area contributed by atoms with Gasteiger partial charge >= 0.3 is 0 Å². The summed E-state index contributed by atoms with van der Waals surface area (Å²) in [4.78, 5) is 12.8. The van der Waals surface area contributed by atoms with E-state index in [1.807, 2.05) is 12.1 Å². The van der Waals surface area contributed by atoms with Gasteiger partial charge in [-0.1, -0.05) is 11.6 Å². The average Bonchev–Trinajstić information content (AvgIpc) is 2.56. The van der Waals surface area contributed by atoms with Gasteiger partial charge in [-0.3, -0.25) is 4.98 Å². The zero-order valence-electron chi connectivity index (χ0n) is 12.4. The topological polar surface area (TPSA) is 62.7 Å². The van der Waals surface area contributed by atoms with Gasteiger partial charge in [0.25, 0.3) is 0 Å². The molecule has 22 heavy (non-hydrogen) atoms. The predicted octanol–water partition coefficient (Wildman–Crippen LogP) is 2.99. The van der Waals surface area contributed by atoms with Crippen LogP contribution in [0, 0.1) is 5.92 Å². The molecule has 2 N–H and O–H groups in total. The third-order valence-electron chi connectivity index (χ3n) is 3.95. The Labute approximate surface area is 135 Å². The Balaban J connectivity index is 1.62. The molecular weight excluding hydrogens is 298 g/mol. The van der Waals surface area contributed by atoms with Crippen LogP contribution in [0.5, 0.6) is 0 Å². The number of hydrogen-bond acceptors (Lipinski definition) is 5. The molecule has 1 aliphatic heterocycles. The molecule has 1 saturated heterocycles. The molecule has 0 radical (unpaired) electrons. The lowest BCUT2D eigenvalue weighted by molar-refractivity contribution is 0.361. The standard InChI is InChI=1S/C16H20ClN5/c17-14-11-15(20-10-3-12-1-6-18-7-2-12)22-16(21-14)13-4-8-19-9-5-13/h4-5,8-9,11-12,18H,1-3,6-7,10H2,(H,20,21,22). The maximum Gasteiger partial charge on any atom is 0.163 e. The maximum atomic E-state index is 6.11. The van der Waals surface area contributed by atoms with Crippen LogP contribution in [0.15, 0.2) is 30.6 Å². The summed E-state index contributed by atoms with van der Waals surface area (Å²) in [5, 5.41) is 7.21. The van der Waals surface area contributed by atoms with Gasteiger partial charge in [-0.05, 0) is 50.4 Å². The van der Waals surface area contributed by atoms with Gasteiger partial charge in [-0.15, -0.1) is 0 Å². The predicted molar refractivity (Wildman–Crippen MR) is 89.0 cm³/mol. The van der Waals surface area contributed by atoms with Crippen LogP contribution in [0.25, 0.3) is 11.4 Å². The molecule has 0 unspecified atom stereocenters. The fraction of sp³-hybridized carbons (Fsp3) is 0.438. The highest BCUT2D eigenvalue weighted by Crippen LogP contribution is 2.20. The smallest absolute Gasteiger partial charge is 0.163 e. The largest absolute Gasteiger partial charge is 0.370 e. The van der Waals surface area contributed by atoms with Crippen LogP contribution in [0.2, 0.25) is 5.15 Å². The van der Waals surface area contributed by atoms with E-state index in [0.717, 1.165) is 43.4 Å². The Morgan fingerprint density at radius 3 is 2.73 bits per heavy atom. The summed E-state index contributed by atoms with van der Waals surface area (Å²) in [6, 6.07) is 5.53. The number of halogens is 1. The van der Waals surface area contributed by atoms with Gasteiger partial charge in [0.15, 0.2) is 5.82 Å². The SMILES string of the molecule is Clc1cc(NCCC2CCNCC2)nc(-c2ccncc2)n1. The number of rotatable bonds is 5. The molecule has 0 saturated carbocycles. The molecule has 5 nitrogen and oxygen atoms in total. The number of nitrogens with one attached hydrogen (secondary N) is 2. The number of hydrogen-bond donors (Lipinski definition) is 2. The van der Waals surface area contributed by atoms with Gasteiger partial charge in [-0.25, -0.2) is 9.97 Å². The second kappa shape index (κ2) is 7.51. The summed E-state index contributed by atoms with van der Waals surface area (Å²) in [7, 11) is 0. The van der Waals surface area contributed by atoms with Crippen molar-refractivity contribution in [1.82, 2.24) is 20.3 Å². The number of anilines is 1. The lowest BCUT2D eigenvalue weighted by atomic mass is 9.95. The molecule has 3 rings (SSSR count). The van der Waals surface area contributed by atoms with Crippen LogP contribution in [-0.2, 0) is 0 Å². The minimum absolute atomic E-state index is 0.450. The lowest BCUT2D eigenvalue weighted by Gasteiger charge is -2.22. The Hall–Kier alpha value is -1.72. The van der Waals surface area contributed by atoms with E-state index in [1.54, 1.807) is 18.5 Å². The van der Waals surface area contributed by atoms with E-state index in [9.17, 15) is 0 Å². The van der Waals surface area contributed by atoms with Crippen molar-refractivity contribution in [2.45, 2.75) is 19.3 Å². The van der Waals surface area contributed by atoms with E-state index in [-0.39, 0.29) is 0 Å². The molecule has 0 atom stereocenters. The molecule has 6 heteroatoms. The molecule has 0 spiro atoms. The zero-order valence-corrected chi connectivity index (χ0v) is 13.2. The highest BCUT2D eigenvalue weighted by atomic mass is 35.5. The number of nitrogens with zero attached hydrogens (tertiary/aromatic N) is 3. The van der Waals surface area contributed by atoms with Gasteiger partial charge in [-0.2, -0.15) is 0 Å². The summed E-state index contributed by atoms with van der Waals surface area (Å²) in [6.45, 7) is 3.18. The fourth-order valence-electron chi connectivity index (χ4n) is 2.71. The van der Waals surface area contributed by atoms with Gasteiger partial charge in [0, 0.05) is 30.6 Å². The van der Waals surface area contributed by atoms with E-state index < -0.39 is 0 Å². The molecule has 0 aliphatic carbocycles. The van der Waals surface area contributed by atoms with Gasteiger partial charge in [0.05, 0.1) is 0 Å². The summed E-state index contributed by atoms with van der Waals surface area (Å²) < 4.78 is 0. The van der Waals surface area contributed by atoms with Crippen molar-refractivity contribution in [3.05, 3.63) is 35.7 Å². The van der Waals surface area contributed by atoms with Gasteiger partial charge in [0.1, 0.15) is 11.0 Å². The summed E-state index contributed by atoms with van der Waals surface area (Å²) in [5.41, 5.74) is 0.916. The fourth-order valence-corrected chi connectivity index (χ4v) is 2.90. The second-order valence-corrected chi connectivity index (χ2v) is 5.93. The molecule has 0 aromatic carbocycles. The molecule has 1 fully saturated rings. The first kappa shape index (κ1) is 15.2. The molecule has 116 valence electrons. The second-order valence-electron chi connectivity index (χ2n) is 5.54. The summed E-state index contributed by atoms with van der Waals surface area (Å²) in [6.07, 6.45) is 7.13. The first-order valence-corrected chi connectivity index (χ1v) is 8.08. The summed E-state index contributed by atoms with van der Waals surface area (Å²) >= 11 is 6.11. The quantitative estimate of drug-likeness (QED) is 0.830. The molecule has 0 bridgehead atoms. The summed E-state index contributed by atoms with van der Waals surface area (Å²) in [5.74, 6) is 2.20. The number of piperidine rings is 1. The van der Waals surface area contributed by atoms with E-state index in [4.69, 9.17) is 11.6 Å². The van der Waals surface area contributed by atoms with E-state index in [2.05, 4.69) is 25.6 Å². The zero-order chi connectivity index (χ0) is 15.2. The number of pyridine rings is 1. The third kappa shape index (κ3) is 4.15. The van der Waals surface area contributed by atoms with Crippen molar-refractivity contribution in [1.29, 1.82) is 0 Å². The third-order valence-corrected chi connectivity index (χ3v) is 4.14. The van der Waals surface area contributed by atoms with Crippen molar-refractivity contribution in [3.8, 4) is 11.4 Å². The van der Waals surface area contributed by atoms with E-state index >= 15 is 0 Å². The van der Waals surface area contributed by atoms with Crippen LogP contribution < -0.4 is 10.6 Å². The number of aromatic nitrogens is 3. The normalized spacial score (nSPS) is 15.7. The highest BCUT2D eigenvalue weighted by Gasteiger charge is 2.12. The van der Waals surface area contributed by atoms with Crippen LogP contribution in [0.3, 0.4) is 0 Å². The van der Waals surface area contributed by atoms with Gasteiger partial charge in [0.2, 0.25) is 0 Å².